The molecule has 0 heterocycles. The van der Waals surface area contributed by atoms with E-state index in [4.69, 9.17) is 9.84 Å². The van der Waals surface area contributed by atoms with Gasteiger partial charge in [0.15, 0.2) is 6.10 Å². The summed E-state index contributed by atoms with van der Waals surface area (Å²) in [6.45, 7) is 3.43. The molecule has 1 rings (SSSR count). The van der Waals surface area contributed by atoms with Crippen LogP contribution in [0.2, 0.25) is 0 Å². The van der Waals surface area contributed by atoms with Crippen molar-refractivity contribution in [2.75, 3.05) is 14.1 Å². The van der Waals surface area contributed by atoms with Gasteiger partial charge < -0.3 is 14.7 Å². The number of carbonyl (C=O) groups is 2. The van der Waals surface area contributed by atoms with Crippen molar-refractivity contribution >= 4 is 11.9 Å². The molecule has 5 nitrogen and oxygen atoms in total. The van der Waals surface area contributed by atoms with Crippen LogP contribution in [-0.2, 0) is 4.79 Å². The molecule has 98 valence electrons. The van der Waals surface area contributed by atoms with Gasteiger partial charge in [-0.3, -0.25) is 4.79 Å². The molecular formula is C13H17NO4. The average molecular weight is 251 g/mol. The largest absolute Gasteiger partial charge is 0.481 e. The fourth-order valence-corrected chi connectivity index (χ4v) is 1.46. The summed E-state index contributed by atoms with van der Waals surface area (Å²) >= 11 is 0. The van der Waals surface area contributed by atoms with Crippen molar-refractivity contribution in [1.29, 1.82) is 0 Å². The first-order valence-electron chi connectivity index (χ1n) is 5.54. The Kier molecular flexibility index (Phi) is 4.31. The zero-order valence-corrected chi connectivity index (χ0v) is 10.9. The number of aryl methyl sites for hydroxylation is 1. The van der Waals surface area contributed by atoms with Crippen LogP contribution < -0.4 is 4.74 Å². The van der Waals surface area contributed by atoms with E-state index in [1.54, 1.807) is 34.0 Å². The van der Waals surface area contributed by atoms with Crippen molar-refractivity contribution in [3.63, 3.8) is 0 Å². The normalized spacial score (nSPS) is 11.8. The molecule has 0 aromatic heterocycles. The number of likely N-dealkylation sites (N-methyl/N-ethyl adjacent to an activating group) is 1. The van der Waals surface area contributed by atoms with Crippen molar-refractivity contribution in [2.24, 2.45) is 0 Å². The Bertz CT molecular complexity index is 468. The lowest BCUT2D eigenvalue weighted by molar-refractivity contribution is -0.135. The minimum atomic E-state index is -1.02. The number of aromatic carboxylic acids is 1. The summed E-state index contributed by atoms with van der Waals surface area (Å²) in [6.07, 6.45) is -0.650. The van der Waals surface area contributed by atoms with Crippen molar-refractivity contribution in [3.05, 3.63) is 29.3 Å². The highest BCUT2D eigenvalue weighted by molar-refractivity contribution is 5.88. The van der Waals surface area contributed by atoms with E-state index >= 15 is 0 Å². The number of nitrogens with zero attached hydrogens (tertiary/aromatic N) is 1. The summed E-state index contributed by atoms with van der Waals surface area (Å²) in [7, 11) is 3.28. The molecule has 1 aromatic carbocycles. The molecule has 0 radical (unpaired) electrons. The zero-order valence-electron chi connectivity index (χ0n) is 10.9. The second kappa shape index (κ2) is 5.53. The Labute approximate surface area is 106 Å². The van der Waals surface area contributed by atoms with E-state index in [0.717, 1.165) is 5.56 Å². The number of ether oxygens (including phenoxy) is 1. The fraction of sp³-hybridized carbons (Fsp3) is 0.385. The number of carboxylic acid groups (broad SMARTS) is 1. The van der Waals surface area contributed by atoms with Gasteiger partial charge in [-0.05, 0) is 31.5 Å². The van der Waals surface area contributed by atoms with E-state index in [0.29, 0.717) is 5.75 Å². The maximum absolute atomic E-state index is 11.7. The van der Waals surface area contributed by atoms with Gasteiger partial charge in [-0.1, -0.05) is 6.07 Å². The minimum Gasteiger partial charge on any atom is -0.481 e. The predicted octanol–water partition coefficient (Wildman–Crippen LogP) is 1.55. The van der Waals surface area contributed by atoms with Crippen molar-refractivity contribution in [3.8, 4) is 5.75 Å². The Balaban J connectivity index is 2.93. The highest BCUT2D eigenvalue weighted by atomic mass is 16.5. The number of hydrogen-bond donors (Lipinski definition) is 1. The second-order valence-corrected chi connectivity index (χ2v) is 4.28. The van der Waals surface area contributed by atoms with E-state index in [1.165, 1.54) is 17.0 Å². The smallest absolute Gasteiger partial charge is 0.335 e. The molecule has 0 aliphatic rings. The Morgan fingerprint density at radius 1 is 1.33 bits per heavy atom. The molecule has 0 saturated carbocycles. The van der Waals surface area contributed by atoms with Gasteiger partial charge >= 0.3 is 5.97 Å². The first-order chi connectivity index (χ1) is 8.32. The first-order valence-corrected chi connectivity index (χ1v) is 5.54. The summed E-state index contributed by atoms with van der Waals surface area (Å²) in [5, 5.41) is 8.90. The maximum atomic E-state index is 11.7. The number of benzene rings is 1. The van der Waals surface area contributed by atoms with Gasteiger partial charge in [0.05, 0.1) is 5.56 Å². The second-order valence-electron chi connectivity index (χ2n) is 4.28. The summed E-state index contributed by atoms with van der Waals surface area (Å²) in [5.41, 5.74) is 0.929. The monoisotopic (exact) mass is 251 g/mol. The summed E-state index contributed by atoms with van der Waals surface area (Å²) in [4.78, 5) is 24.0. The molecule has 1 unspecified atom stereocenters. The fourth-order valence-electron chi connectivity index (χ4n) is 1.46. The minimum absolute atomic E-state index is 0.139. The lowest BCUT2D eigenvalue weighted by Gasteiger charge is -2.19. The molecule has 1 amide bonds. The van der Waals surface area contributed by atoms with Crippen LogP contribution in [0.4, 0.5) is 0 Å². The third-order valence-corrected chi connectivity index (χ3v) is 2.53. The summed E-state index contributed by atoms with van der Waals surface area (Å²) in [6, 6.07) is 4.59. The molecule has 0 saturated heterocycles. The highest BCUT2D eigenvalue weighted by Crippen LogP contribution is 2.21. The van der Waals surface area contributed by atoms with Crippen LogP contribution in [0.3, 0.4) is 0 Å². The summed E-state index contributed by atoms with van der Waals surface area (Å²) < 4.78 is 5.50. The number of carboxylic acids is 1. The van der Waals surface area contributed by atoms with Crippen LogP contribution in [0, 0.1) is 6.92 Å². The van der Waals surface area contributed by atoms with Gasteiger partial charge in [0.1, 0.15) is 5.75 Å². The van der Waals surface area contributed by atoms with Crippen LogP contribution in [0.1, 0.15) is 22.8 Å². The standard InChI is InChI=1S/C13H17NO4/c1-8-5-6-10(13(16)17)7-11(8)18-9(2)12(15)14(3)4/h5-7,9H,1-4H3,(H,16,17). The summed E-state index contributed by atoms with van der Waals surface area (Å²) in [5.74, 6) is -0.779. The molecule has 0 aliphatic carbocycles. The average Bonchev–Trinajstić information content (AvgIpc) is 2.30. The number of amides is 1. The lowest BCUT2D eigenvalue weighted by atomic mass is 10.1. The molecule has 18 heavy (non-hydrogen) atoms. The molecule has 1 atom stereocenters. The van der Waals surface area contributed by atoms with E-state index in [9.17, 15) is 9.59 Å². The van der Waals surface area contributed by atoms with Gasteiger partial charge in [-0.2, -0.15) is 0 Å². The molecule has 1 aromatic rings. The van der Waals surface area contributed by atoms with E-state index in [2.05, 4.69) is 0 Å². The first kappa shape index (κ1) is 14.0. The quantitative estimate of drug-likeness (QED) is 0.881. The topological polar surface area (TPSA) is 66.8 Å². The van der Waals surface area contributed by atoms with Gasteiger partial charge in [0.2, 0.25) is 0 Å². The molecular weight excluding hydrogens is 234 g/mol. The van der Waals surface area contributed by atoms with Crippen LogP contribution >= 0.6 is 0 Å². The Morgan fingerprint density at radius 2 is 1.94 bits per heavy atom. The maximum Gasteiger partial charge on any atom is 0.335 e. The number of rotatable bonds is 4. The van der Waals surface area contributed by atoms with Crippen LogP contribution in [0.15, 0.2) is 18.2 Å². The molecule has 0 spiro atoms. The third kappa shape index (κ3) is 3.23. The molecule has 5 heteroatoms. The highest BCUT2D eigenvalue weighted by Gasteiger charge is 2.18. The van der Waals surface area contributed by atoms with Crippen molar-refractivity contribution in [1.82, 2.24) is 4.90 Å². The SMILES string of the molecule is Cc1ccc(C(=O)O)cc1OC(C)C(=O)N(C)C. The van der Waals surface area contributed by atoms with Crippen molar-refractivity contribution < 1.29 is 19.4 Å². The number of hydrogen-bond acceptors (Lipinski definition) is 3. The predicted molar refractivity (Wildman–Crippen MR) is 66.9 cm³/mol. The van der Waals surface area contributed by atoms with E-state index in [-0.39, 0.29) is 11.5 Å². The van der Waals surface area contributed by atoms with Gasteiger partial charge in [-0.15, -0.1) is 0 Å². The molecule has 0 fully saturated rings. The Hall–Kier alpha value is -2.04. The molecule has 0 bridgehead atoms. The van der Waals surface area contributed by atoms with Crippen LogP contribution in [0.5, 0.6) is 5.75 Å². The van der Waals surface area contributed by atoms with Crippen molar-refractivity contribution in [2.45, 2.75) is 20.0 Å². The van der Waals surface area contributed by atoms with Crippen LogP contribution in [0.25, 0.3) is 0 Å². The van der Waals surface area contributed by atoms with E-state index < -0.39 is 12.1 Å². The Morgan fingerprint density at radius 3 is 2.44 bits per heavy atom. The van der Waals surface area contributed by atoms with Gasteiger partial charge in [-0.25, -0.2) is 4.79 Å². The van der Waals surface area contributed by atoms with Gasteiger partial charge in [0.25, 0.3) is 5.91 Å². The number of carbonyl (C=O) groups excluding carboxylic acids is 1. The van der Waals surface area contributed by atoms with Crippen LogP contribution in [-0.4, -0.2) is 42.1 Å². The lowest BCUT2D eigenvalue weighted by Crippen LogP contribution is -2.35. The van der Waals surface area contributed by atoms with Gasteiger partial charge in [0, 0.05) is 14.1 Å². The molecule has 1 N–H and O–H groups in total. The van der Waals surface area contributed by atoms with E-state index in [1.807, 2.05) is 0 Å². The third-order valence-electron chi connectivity index (χ3n) is 2.53. The zero-order chi connectivity index (χ0) is 13.9. The molecule has 0 aliphatic heterocycles.